The maximum atomic E-state index is 12.1. The number of carboxylic acid groups (broad SMARTS) is 1. The average molecular weight is 368 g/mol. The Kier molecular flexibility index (Phi) is 7.34. The lowest BCUT2D eigenvalue weighted by Gasteiger charge is -2.36. The summed E-state index contributed by atoms with van der Waals surface area (Å²) >= 11 is 0. The second-order valence-electron chi connectivity index (χ2n) is 7.61. The molecule has 0 unspecified atom stereocenters. The van der Waals surface area contributed by atoms with E-state index in [2.05, 4.69) is 39.2 Å². The summed E-state index contributed by atoms with van der Waals surface area (Å²) in [6.07, 6.45) is -1.25. The number of hydrogen-bond acceptors (Lipinski definition) is 4. The van der Waals surface area contributed by atoms with Crippen LogP contribution in [0.3, 0.4) is 0 Å². The highest BCUT2D eigenvalue weighted by Crippen LogP contribution is 2.36. The van der Waals surface area contributed by atoms with E-state index in [1.54, 1.807) is 30.3 Å². The quantitative estimate of drug-likeness (QED) is 0.614. The van der Waals surface area contributed by atoms with Crippen LogP contribution in [-0.2, 0) is 14.0 Å². The van der Waals surface area contributed by atoms with E-state index >= 15 is 0 Å². The maximum absolute atomic E-state index is 12.1. The first-order chi connectivity index (χ1) is 11.5. The third kappa shape index (κ3) is 6.26. The second-order valence-corrected chi connectivity index (χ2v) is 12.4. The summed E-state index contributed by atoms with van der Waals surface area (Å²) in [5.41, 5.74) is 0.418. The van der Waals surface area contributed by atoms with Gasteiger partial charge in [-0.1, -0.05) is 51.1 Å². The molecule has 0 aliphatic rings. The third-order valence-electron chi connectivity index (χ3n) is 4.65. The molecular formula is C18H29NO5Si. The molecule has 0 fully saturated rings. The van der Waals surface area contributed by atoms with Crippen LogP contribution >= 0.6 is 0 Å². The normalized spacial score (nSPS) is 14.6. The standard InChI is InChI=1S/C18H29NO5Si/c1-18(2,3)25(4,5)24-12-11-14(17(22)23)19-16(21)15(20)13-9-7-6-8-10-13/h6-10,14-15,20H,11-12H2,1-5H3,(H,19,21)(H,22,23)/t14-,15+/m1/s1. The van der Waals surface area contributed by atoms with E-state index in [1.165, 1.54) is 0 Å². The van der Waals surface area contributed by atoms with Crippen LogP contribution in [0.1, 0.15) is 38.9 Å². The van der Waals surface area contributed by atoms with E-state index in [0.717, 1.165) is 0 Å². The Labute approximate surface area is 150 Å². The van der Waals surface area contributed by atoms with Crippen LogP contribution in [0.2, 0.25) is 18.1 Å². The van der Waals surface area contributed by atoms with Gasteiger partial charge in [0.1, 0.15) is 6.04 Å². The van der Waals surface area contributed by atoms with Gasteiger partial charge in [-0.25, -0.2) is 4.79 Å². The zero-order chi connectivity index (χ0) is 19.3. The van der Waals surface area contributed by atoms with Crippen molar-refractivity contribution < 1.29 is 24.2 Å². The Bertz CT molecular complexity index is 583. The van der Waals surface area contributed by atoms with Crippen molar-refractivity contribution in [1.82, 2.24) is 5.32 Å². The zero-order valence-electron chi connectivity index (χ0n) is 15.6. The number of carbonyl (C=O) groups excluding carboxylic acids is 1. The lowest BCUT2D eigenvalue weighted by Crippen LogP contribution is -2.45. The second kappa shape index (κ2) is 8.60. The van der Waals surface area contributed by atoms with Crippen LogP contribution in [-0.4, -0.2) is 43.1 Å². The molecule has 0 heterocycles. The molecule has 0 saturated carbocycles. The minimum atomic E-state index is -1.98. The van der Waals surface area contributed by atoms with E-state index in [9.17, 15) is 19.8 Å². The van der Waals surface area contributed by atoms with Gasteiger partial charge in [0.15, 0.2) is 14.4 Å². The molecule has 0 saturated heterocycles. The number of amides is 1. The number of aliphatic hydroxyl groups is 1. The molecule has 0 bridgehead atoms. The van der Waals surface area contributed by atoms with Crippen LogP contribution in [0.15, 0.2) is 30.3 Å². The summed E-state index contributed by atoms with van der Waals surface area (Å²) in [5.74, 6) is -1.88. The maximum Gasteiger partial charge on any atom is 0.326 e. The van der Waals surface area contributed by atoms with Gasteiger partial charge in [-0.15, -0.1) is 0 Å². The number of rotatable bonds is 8. The Morgan fingerprint density at radius 1 is 1.20 bits per heavy atom. The minimum Gasteiger partial charge on any atom is -0.480 e. The van der Waals surface area contributed by atoms with Gasteiger partial charge < -0.3 is 20.0 Å². The summed E-state index contributed by atoms with van der Waals surface area (Å²) in [4.78, 5) is 23.5. The first-order valence-corrected chi connectivity index (χ1v) is 11.3. The van der Waals surface area contributed by atoms with E-state index in [4.69, 9.17) is 4.43 Å². The van der Waals surface area contributed by atoms with Gasteiger partial charge in [0, 0.05) is 13.0 Å². The number of aliphatic hydroxyl groups excluding tert-OH is 1. The van der Waals surface area contributed by atoms with Gasteiger partial charge in [0.2, 0.25) is 0 Å². The fourth-order valence-corrected chi connectivity index (χ4v) is 3.00. The van der Waals surface area contributed by atoms with Gasteiger partial charge in [-0.3, -0.25) is 4.79 Å². The summed E-state index contributed by atoms with van der Waals surface area (Å²) in [7, 11) is -1.98. The molecule has 25 heavy (non-hydrogen) atoms. The smallest absolute Gasteiger partial charge is 0.326 e. The van der Waals surface area contributed by atoms with Gasteiger partial charge in [0.25, 0.3) is 5.91 Å². The fraction of sp³-hybridized carbons (Fsp3) is 0.556. The van der Waals surface area contributed by atoms with Crippen molar-refractivity contribution >= 4 is 20.2 Å². The first-order valence-electron chi connectivity index (χ1n) is 8.36. The molecule has 7 heteroatoms. The molecule has 0 spiro atoms. The highest BCUT2D eigenvalue weighted by Gasteiger charge is 2.37. The van der Waals surface area contributed by atoms with E-state index in [1.807, 2.05) is 0 Å². The van der Waals surface area contributed by atoms with Crippen molar-refractivity contribution in [1.29, 1.82) is 0 Å². The molecule has 0 aliphatic carbocycles. The van der Waals surface area contributed by atoms with Crippen molar-refractivity contribution in [2.75, 3.05) is 6.61 Å². The van der Waals surface area contributed by atoms with Crippen molar-refractivity contribution in [3.8, 4) is 0 Å². The largest absolute Gasteiger partial charge is 0.480 e. The topological polar surface area (TPSA) is 95.9 Å². The molecule has 0 aromatic heterocycles. The molecule has 1 rings (SSSR count). The Hall–Kier alpha value is -1.70. The van der Waals surface area contributed by atoms with Crippen molar-refractivity contribution in [2.45, 2.75) is 57.5 Å². The van der Waals surface area contributed by atoms with Gasteiger partial charge in [0.05, 0.1) is 0 Å². The Morgan fingerprint density at radius 2 is 1.76 bits per heavy atom. The van der Waals surface area contributed by atoms with E-state index < -0.39 is 32.3 Å². The molecule has 6 nitrogen and oxygen atoms in total. The highest BCUT2D eigenvalue weighted by atomic mass is 28.4. The number of hydrogen-bond donors (Lipinski definition) is 3. The highest BCUT2D eigenvalue weighted by molar-refractivity contribution is 6.74. The van der Waals surface area contributed by atoms with E-state index in [0.29, 0.717) is 5.56 Å². The molecular weight excluding hydrogens is 338 g/mol. The van der Waals surface area contributed by atoms with Gasteiger partial charge >= 0.3 is 5.97 Å². The molecule has 140 valence electrons. The predicted molar refractivity (Wildman–Crippen MR) is 98.7 cm³/mol. The van der Waals surface area contributed by atoms with Crippen LogP contribution in [0, 0.1) is 0 Å². The van der Waals surface area contributed by atoms with Gasteiger partial charge in [-0.2, -0.15) is 0 Å². The summed E-state index contributed by atoms with van der Waals surface area (Å²) < 4.78 is 5.96. The van der Waals surface area contributed by atoms with Crippen LogP contribution in [0.4, 0.5) is 0 Å². The first kappa shape index (κ1) is 21.3. The third-order valence-corrected chi connectivity index (χ3v) is 9.19. The molecule has 0 radical (unpaired) electrons. The summed E-state index contributed by atoms with van der Waals surface area (Å²) in [5, 5.41) is 21.8. The number of carboxylic acids is 1. The molecule has 1 aromatic carbocycles. The number of benzene rings is 1. The Balaban J connectivity index is 2.63. The Morgan fingerprint density at radius 3 is 2.24 bits per heavy atom. The average Bonchev–Trinajstić information content (AvgIpc) is 2.52. The minimum absolute atomic E-state index is 0.0263. The fourth-order valence-electron chi connectivity index (χ4n) is 1.94. The van der Waals surface area contributed by atoms with E-state index in [-0.39, 0.29) is 18.1 Å². The monoisotopic (exact) mass is 367 g/mol. The molecule has 1 amide bonds. The van der Waals surface area contributed by atoms with Crippen molar-refractivity contribution in [2.24, 2.45) is 0 Å². The van der Waals surface area contributed by atoms with Crippen molar-refractivity contribution in [3.63, 3.8) is 0 Å². The number of carbonyl (C=O) groups is 2. The summed E-state index contributed by atoms with van der Waals surface area (Å²) in [6, 6.07) is 7.30. The molecule has 3 N–H and O–H groups in total. The molecule has 1 aromatic rings. The molecule has 2 atom stereocenters. The van der Waals surface area contributed by atoms with Crippen molar-refractivity contribution in [3.05, 3.63) is 35.9 Å². The molecule has 0 aliphatic heterocycles. The SMILES string of the molecule is CC(C)(C)[Si](C)(C)OCC[C@@H](NC(=O)[C@@H](O)c1ccccc1)C(=O)O. The van der Waals surface area contributed by atoms with Crippen LogP contribution in [0.25, 0.3) is 0 Å². The van der Waals surface area contributed by atoms with Crippen LogP contribution < -0.4 is 5.32 Å². The lowest BCUT2D eigenvalue weighted by atomic mass is 10.1. The predicted octanol–water partition coefficient (Wildman–Crippen LogP) is 2.70. The van der Waals surface area contributed by atoms with Gasteiger partial charge in [-0.05, 0) is 23.7 Å². The lowest BCUT2D eigenvalue weighted by molar-refractivity contribution is -0.143. The number of aliphatic carboxylic acids is 1. The zero-order valence-corrected chi connectivity index (χ0v) is 16.6. The summed E-state index contributed by atoms with van der Waals surface area (Å²) in [6.45, 7) is 10.7. The number of nitrogens with one attached hydrogen (secondary N) is 1. The van der Waals surface area contributed by atoms with Crippen LogP contribution in [0.5, 0.6) is 0 Å².